The third-order valence-corrected chi connectivity index (χ3v) is 5.43. The van der Waals surface area contributed by atoms with Gasteiger partial charge in [0.2, 0.25) is 15.0 Å². The number of fused-ring (bicyclic) bond motifs is 1. The summed E-state index contributed by atoms with van der Waals surface area (Å²) < 4.78 is 35.0. The van der Waals surface area contributed by atoms with Crippen LogP contribution in [-0.4, -0.2) is 68.3 Å². The maximum atomic E-state index is 12.2. The Bertz CT molecular complexity index is 1030. The molecule has 0 aliphatic carbocycles. The Labute approximate surface area is 171 Å². The summed E-state index contributed by atoms with van der Waals surface area (Å²) in [6.07, 6.45) is 3.63. The SMILES string of the molecule is Bc1cc2cnc(S(C)(=O)=O)nc2cc1OC1CCN(C(=O)OC(C)(C)C)CC1. The second-order valence-corrected chi connectivity index (χ2v) is 10.3. The van der Waals surface area contributed by atoms with Crippen molar-refractivity contribution in [3.05, 3.63) is 18.3 Å². The highest BCUT2D eigenvalue weighted by atomic mass is 32.2. The molecular weight excluding hydrogens is 393 g/mol. The van der Waals surface area contributed by atoms with Crippen LogP contribution in [0.3, 0.4) is 0 Å². The minimum absolute atomic E-state index is 0.0407. The Kier molecular flexibility index (Phi) is 5.75. The van der Waals surface area contributed by atoms with Crippen LogP contribution in [0.4, 0.5) is 4.79 Å². The fraction of sp³-hybridized carbons (Fsp3) is 0.526. The summed E-state index contributed by atoms with van der Waals surface area (Å²) in [5.74, 6) is 0.659. The molecule has 0 saturated carbocycles. The van der Waals surface area contributed by atoms with Gasteiger partial charge >= 0.3 is 6.09 Å². The molecule has 1 fully saturated rings. The highest BCUT2D eigenvalue weighted by molar-refractivity contribution is 7.90. The number of hydrogen-bond acceptors (Lipinski definition) is 7. The zero-order valence-corrected chi connectivity index (χ0v) is 18.2. The minimum atomic E-state index is -3.48. The molecule has 1 aromatic carbocycles. The summed E-state index contributed by atoms with van der Waals surface area (Å²) >= 11 is 0. The Morgan fingerprint density at radius 3 is 2.48 bits per heavy atom. The lowest BCUT2D eigenvalue weighted by molar-refractivity contribution is 0.0127. The highest BCUT2D eigenvalue weighted by Crippen LogP contribution is 2.22. The van der Waals surface area contributed by atoms with Crippen molar-refractivity contribution in [3.8, 4) is 5.75 Å². The number of ether oxygens (including phenoxy) is 2. The maximum absolute atomic E-state index is 12.2. The van der Waals surface area contributed by atoms with Gasteiger partial charge in [0.05, 0.1) is 5.52 Å². The predicted octanol–water partition coefficient (Wildman–Crippen LogP) is 1.07. The van der Waals surface area contributed by atoms with Crippen LogP contribution >= 0.6 is 0 Å². The summed E-state index contributed by atoms with van der Waals surface area (Å²) in [6.45, 7) is 6.67. The summed E-state index contributed by atoms with van der Waals surface area (Å²) in [5, 5.41) is 0.549. The number of nitrogens with zero attached hydrogens (tertiary/aromatic N) is 3. The van der Waals surface area contributed by atoms with Crippen molar-refractivity contribution in [1.29, 1.82) is 0 Å². The first-order valence-corrected chi connectivity index (χ1v) is 11.4. The fourth-order valence-electron chi connectivity index (χ4n) is 3.12. The molecule has 0 unspecified atom stereocenters. The van der Waals surface area contributed by atoms with E-state index in [0.717, 1.165) is 17.1 Å². The van der Waals surface area contributed by atoms with Gasteiger partial charge < -0.3 is 14.4 Å². The van der Waals surface area contributed by atoms with E-state index in [1.807, 2.05) is 34.7 Å². The van der Waals surface area contributed by atoms with Gasteiger partial charge in [-0.3, -0.25) is 0 Å². The van der Waals surface area contributed by atoms with E-state index in [1.165, 1.54) is 6.20 Å². The number of piperidine rings is 1. The number of hydrogen-bond donors (Lipinski definition) is 0. The van der Waals surface area contributed by atoms with Crippen LogP contribution in [-0.2, 0) is 14.6 Å². The molecular formula is C19H26BN3O5S. The third kappa shape index (κ3) is 5.38. The Balaban J connectivity index is 1.70. The van der Waals surface area contributed by atoms with E-state index in [9.17, 15) is 13.2 Å². The molecule has 1 amide bonds. The van der Waals surface area contributed by atoms with Gasteiger partial charge in [-0.2, -0.15) is 0 Å². The first kappa shape index (κ1) is 21.4. The molecule has 156 valence electrons. The molecule has 0 atom stereocenters. The van der Waals surface area contributed by atoms with E-state index in [-0.39, 0.29) is 17.4 Å². The van der Waals surface area contributed by atoms with E-state index in [4.69, 9.17) is 9.47 Å². The molecule has 0 bridgehead atoms. The van der Waals surface area contributed by atoms with Gasteiger partial charge in [0.25, 0.3) is 0 Å². The first-order chi connectivity index (χ1) is 13.4. The van der Waals surface area contributed by atoms with E-state index in [1.54, 1.807) is 11.0 Å². The molecule has 1 saturated heterocycles. The highest BCUT2D eigenvalue weighted by Gasteiger charge is 2.28. The van der Waals surface area contributed by atoms with Gasteiger partial charge in [0.15, 0.2) is 0 Å². The number of likely N-dealkylation sites (tertiary alicyclic amines) is 1. The molecule has 1 aromatic heterocycles. The van der Waals surface area contributed by atoms with Crippen LogP contribution in [0.25, 0.3) is 10.9 Å². The number of amides is 1. The molecule has 1 aliphatic heterocycles. The van der Waals surface area contributed by atoms with Gasteiger partial charge in [-0.05, 0) is 26.2 Å². The van der Waals surface area contributed by atoms with E-state index >= 15 is 0 Å². The number of aromatic nitrogens is 2. The zero-order valence-electron chi connectivity index (χ0n) is 17.4. The lowest BCUT2D eigenvalue weighted by atomic mass is 9.93. The Hall–Kier alpha value is -2.36. The van der Waals surface area contributed by atoms with Crippen molar-refractivity contribution in [2.75, 3.05) is 19.3 Å². The molecule has 29 heavy (non-hydrogen) atoms. The molecule has 0 spiro atoms. The largest absolute Gasteiger partial charge is 0.491 e. The van der Waals surface area contributed by atoms with Crippen molar-refractivity contribution in [2.24, 2.45) is 0 Å². The molecule has 2 heterocycles. The maximum Gasteiger partial charge on any atom is 0.410 e. The van der Waals surface area contributed by atoms with Crippen LogP contribution in [0, 0.1) is 0 Å². The Morgan fingerprint density at radius 1 is 1.24 bits per heavy atom. The third-order valence-electron chi connectivity index (χ3n) is 4.57. The molecule has 0 N–H and O–H groups in total. The van der Waals surface area contributed by atoms with Crippen molar-refractivity contribution in [3.63, 3.8) is 0 Å². The van der Waals surface area contributed by atoms with Gasteiger partial charge in [-0.15, -0.1) is 0 Å². The quantitative estimate of drug-likeness (QED) is 0.542. The molecule has 3 rings (SSSR count). The van der Waals surface area contributed by atoms with E-state index in [0.29, 0.717) is 37.2 Å². The predicted molar refractivity (Wildman–Crippen MR) is 112 cm³/mol. The van der Waals surface area contributed by atoms with Gasteiger partial charge in [-0.25, -0.2) is 23.2 Å². The van der Waals surface area contributed by atoms with Crippen LogP contribution in [0.2, 0.25) is 0 Å². The number of carbonyl (C=O) groups excluding carboxylic acids is 1. The van der Waals surface area contributed by atoms with Crippen molar-refractivity contribution in [1.82, 2.24) is 14.9 Å². The van der Waals surface area contributed by atoms with E-state index in [2.05, 4.69) is 9.97 Å². The Morgan fingerprint density at radius 2 is 1.90 bits per heavy atom. The van der Waals surface area contributed by atoms with Crippen LogP contribution in [0.1, 0.15) is 33.6 Å². The zero-order chi connectivity index (χ0) is 21.4. The number of sulfone groups is 1. The van der Waals surface area contributed by atoms with Crippen molar-refractivity contribution in [2.45, 2.75) is 50.5 Å². The van der Waals surface area contributed by atoms with Gasteiger partial charge in [0.1, 0.15) is 25.3 Å². The average molecular weight is 419 g/mol. The summed E-state index contributed by atoms with van der Waals surface area (Å²) in [5.41, 5.74) is 0.925. The van der Waals surface area contributed by atoms with Crippen molar-refractivity contribution < 1.29 is 22.7 Å². The second-order valence-electron chi connectivity index (χ2n) is 8.39. The normalized spacial score (nSPS) is 16.1. The standard InChI is InChI=1S/C19H26BN3O5S/c1-19(2,3)28-18(24)23-7-5-13(6-8-23)27-16-10-15-12(9-14(16)20)11-21-17(22-15)29(4,25)26/h9-11,13H,5-8,20H2,1-4H3. The minimum Gasteiger partial charge on any atom is -0.491 e. The van der Waals surface area contributed by atoms with Crippen molar-refractivity contribution >= 4 is 40.1 Å². The molecule has 0 radical (unpaired) electrons. The molecule has 1 aliphatic rings. The molecule has 8 nitrogen and oxygen atoms in total. The van der Waals surface area contributed by atoms with Gasteiger partial charge in [-0.1, -0.05) is 6.07 Å². The van der Waals surface area contributed by atoms with Crippen LogP contribution in [0.15, 0.2) is 23.5 Å². The summed E-state index contributed by atoms with van der Waals surface area (Å²) in [4.78, 5) is 22.0. The van der Waals surface area contributed by atoms with Crippen LogP contribution < -0.4 is 10.2 Å². The van der Waals surface area contributed by atoms with E-state index < -0.39 is 15.4 Å². The lowest BCUT2D eigenvalue weighted by Crippen LogP contribution is -2.44. The molecule has 10 heteroatoms. The van der Waals surface area contributed by atoms with Crippen LogP contribution in [0.5, 0.6) is 5.75 Å². The summed E-state index contributed by atoms with van der Waals surface area (Å²) in [6, 6.07) is 3.63. The molecule has 2 aromatic rings. The second kappa shape index (κ2) is 7.81. The number of benzene rings is 1. The topological polar surface area (TPSA) is 98.7 Å². The first-order valence-electron chi connectivity index (χ1n) is 9.54. The van der Waals surface area contributed by atoms with Gasteiger partial charge in [0, 0.05) is 49.8 Å². The number of rotatable bonds is 3. The fourth-order valence-corrected chi connectivity index (χ4v) is 3.63. The smallest absolute Gasteiger partial charge is 0.410 e. The average Bonchev–Trinajstić information content (AvgIpc) is 2.60. The summed E-state index contributed by atoms with van der Waals surface area (Å²) in [7, 11) is -1.56. The monoisotopic (exact) mass is 419 g/mol. The lowest BCUT2D eigenvalue weighted by Gasteiger charge is -2.33. The number of carbonyl (C=O) groups is 1.